The smallest absolute Gasteiger partial charge is 0.315 e. The summed E-state index contributed by atoms with van der Waals surface area (Å²) in [4.78, 5) is 16.1. The number of hydrogen-bond acceptors (Lipinski definition) is 4. The van der Waals surface area contributed by atoms with Gasteiger partial charge in [-0.2, -0.15) is 4.98 Å². The van der Waals surface area contributed by atoms with E-state index < -0.39 is 0 Å². The number of aromatic nitrogens is 2. The number of carbonyl (C=O) groups is 1. The topological polar surface area (TPSA) is 80.0 Å². The Morgan fingerprint density at radius 3 is 2.96 bits per heavy atom. The third kappa shape index (κ3) is 3.52. The van der Waals surface area contributed by atoms with Crippen LogP contribution in [0.1, 0.15) is 42.6 Å². The van der Waals surface area contributed by atoms with E-state index in [0.717, 1.165) is 19.3 Å². The van der Waals surface area contributed by atoms with Crippen LogP contribution in [0, 0.1) is 6.92 Å². The standard InChI is InChI=1S/C17H22N4O2/c1-12-20-15(21-23-12)10-18-16(22)19-11-17(2)9-5-7-13-6-3-4-8-14(13)17/h3-4,6,8H,5,7,9-11H2,1-2H3,(H2,18,19,22). The lowest BCUT2D eigenvalue weighted by Crippen LogP contribution is -2.44. The Balaban J connectivity index is 1.56. The molecule has 1 atom stereocenters. The van der Waals surface area contributed by atoms with Crippen LogP contribution in [-0.4, -0.2) is 22.7 Å². The quantitative estimate of drug-likeness (QED) is 0.908. The Labute approximate surface area is 135 Å². The Bertz CT molecular complexity index is 697. The highest BCUT2D eigenvalue weighted by Gasteiger charge is 2.31. The van der Waals surface area contributed by atoms with Crippen molar-refractivity contribution in [2.75, 3.05) is 6.54 Å². The van der Waals surface area contributed by atoms with Crippen LogP contribution < -0.4 is 10.6 Å². The van der Waals surface area contributed by atoms with Crippen molar-refractivity contribution in [3.05, 3.63) is 47.1 Å². The summed E-state index contributed by atoms with van der Waals surface area (Å²) in [5.41, 5.74) is 2.72. The normalized spacial score (nSPS) is 19.9. The van der Waals surface area contributed by atoms with Crippen molar-refractivity contribution in [2.45, 2.75) is 45.1 Å². The molecule has 6 heteroatoms. The van der Waals surface area contributed by atoms with Gasteiger partial charge in [-0.25, -0.2) is 4.79 Å². The molecule has 2 N–H and O–H groups in total. The molecule has 3 rings (SSSR count). The van der Waals surface area contributed by atoms with E-state index >= 15 is 0 Å². The molecule has 1 aromatic heterocycles. The maximum absolute atomic E-state index is 12.0. The molecule has 0 fully saturated rings. The highest BCUT2D eigenvalue weighted by molar-refractivity contribution is 5.73. The molecule has 0 aliphatic heterocycles. The van der Waals surface area contributed by atoms with Gasteiger partial charge in [0.2, 0.25) is 5.89 Å². The van der Waals surface area contributed by atoms with Crippen molar-refractivity contribution in [1.29, 1.82) is 0 Å². The molecule has 1 aliphatic rings. The summed E-state index contributed by atoms with van der Waals surface area (Å²) in [7, 11) is 0. The van der Waals surface area contributed by atoms with Crippen LogP contribution in [0.2, 0.25) is 0 Å². The van der Waals surface area contributed by atoms with E-state index in [9.17, 15) is 4.79 Å². The minimum absolute atomic E-state index is 0.0189. The number of urea groups is 1. The molecule has 2 aromatic rings. The van der Waals surface area contributed by atoms with Crippen molar-refractivity contribution in [1.82, 2.24) is 20.8 Å². The molecule has 122 valence electrons. The second-order valence-corrected chi connectivity index (χ2v) is 6.34. The predicted molar refractivity (Wildman–Crippen MR) is 86.0 cm³/mol. The van der Waals surface area contributed by atoms with Crippen LogP contribution in [0.25, 0.3) is 0 Å². The molecule has 6 nitrogen and oxygen atoms in total. The van der Waals surface area contributed by atoms with Gasteiger partial charge in [-0.3, -0.25) is 0 Å². The van der Waals surface area contributed by atoms with Gasteiger partial charge in [0.1, 0.15) is 0 Å². The van der Waals surface area contributed by atoms with Gasteiger partial charge in [-0.05, 0) is 30.4 Å². The first-order valence-corrected chi connectivity index (χ1v) is 7.96. The highest BCUT2D eigenvalue weighted by atomic mass is 16.5. The van der Waals surface area contributed by atoms with Crippen molar-refractivity contribution < 1.29 is 9.32 Å². The molecule has 0 saturated carbocycles. The monoisotopic (exact) mass is 314 g/mol. The maximum atomic E-state index is 12.0. The van der Waals surface area contributed by atoms with Crippen LogP contribution in [-0.2, 0) is 18.4 Å². The average molecular weight is 314 g/mol. The Hall–Kier alpha value is -2.37. The summed E-state index contributed by atoms with van der Waals surface area (Å²) in [6, 6.07) is 8.30. The summed E-state index contributed by atoms with van der Waals surface area (Å²) in [6.07, 6.45) is 3.35. The summed E-state index contributed by atoms with van der Waals surface area (Å²) in [6.45, 7) is 4.81. The van der Waals surface area contributed by atoms with Crippen LogP contribution in [0.4, 0.5) is 4.79 Å². The molecule has 0 radical (unpaired) electrons. The minimum Gasteiger partial charge on any atom is -0.340 e. The maximum Gasteiger partial charge on any atom is 0.315 e. The van der Waals surface area contributed by atoms with Crippen LogP contribution in [0.5, 0.6) is 0 Å². The van der Waals surface area contributed by atoms with Crippen molar-refractivity contribution in [3.63, 3.8) is 0 Å². The van der Waals surface area contributed by atoms with E-state index in [1.165, 1.54) is 11.1 Å². The first-order chi connectivity index (χ1) is 11.1. The summed E-state index contributed by atoms with van der Waals surface area (Å²) < 4.78 is 4.87. The summed E-state index contributed by atoms with van der Waals surface area (Å²) in [5.74, 6) is 0.973. The van der Waals surface area contributed by atoms with Gasteiger partial charge in [-0.15, -0.1) is 0 Å². The number of hydrogen-bond donors (Lipinski definition) is 2. The van der Waals surface area contributed by atoms with Gasteiger partial charge in [0.05, 0.1) is 6.54 Å². The summed E-state index contributed by atoms with van der Waals surface area (Å²) in [5, 5.41) is 9.49. The largest absolute Gasteiger partial charge is 0.340 e. The fourth-order valence-corrected chi connectivity index (χ4v) is 3.22. The molecule has 1 unspecified atom stereocenters. The SMILES string of the molecule is Cc1nc(CNC(=O)NCC2(C)CCCc3ccccc32)no1. The minimum atomic E-state index is -0.211. The van der Waals surface area contributed by atoms with E-state index in [4.69, 9.17) is 4.52 Å². The molecule has 23 heavy (non-hydrogen) atoms. The zero-order chi connectivity index (χ0) is 16.3. The first kappa shape index (κ1) is 15.5. The zero-order valence-electron chi connectivity index (χ0n) is 13.6. The van der Waals surface area contributed by atoms with E-state index in [1.807, 2.05) is 0 Å². The number of amides is 2. The average Bonchev–Trinajstić information content (AvgIpc) is 2.97. The molecule has 1 heterocycles. The number of nitrogens with zero attached hydrogens (tertiary/aromatic N) is 2. The number of rotatable bonds is 4. The zero-order valence-corrected chi connectivity index (χ0v) is 13.6. The number of aryl methyl sites for hydroxylation is 2. The van der Waals surface area contributed by atoms with Gasteiger partial charge in [-0.1, -0.05) is 36.3 Å². The number of nitrogens with one attached hydrogen (secondary N) is 2. The van der Waals surface area contributed by atoms with Crippen LogP contribution in [0.15, 0.2) is 28.8 Å². The predicted octanol–water partition coefficient (Wildman–Crippen LogP) is 2.47. The molecule has 2 amide bonds. The van der Waals surface area contributed by atoms with Crippen molar-refractivity contribution >= 4 is 6.03 Å². The lowest BCUT2D eigenvalue weighted by Gasteiger charge is -2.36. The van der Waals surface area contributed by atoms with E-state index in [-0.39, 0.29) is 18.0 Å². The van der Waals surface area contributed by atoms with E-state index in [2.05, 4.69) is 52.0 Å². The molecular weight excluding hydrogens is 292 g/mol. The van der Waals surface area contributed by atoms with Gasteiger partial charge in [0, 0.05) is 18.9 Å². The number of carbonyl (C=O) groups excluding carboxylic acids is 1. The molecular formula is C17H22N4O2. The van der Waals surface area contributed by atoms with E-state index in [0.29, 0.717) is 18.3 Å². The fourth-order valence-electron chi connectivity index (χ4n) is 3.22. The third-order valence-electron chi connectivity index (χ3n) is 4.46. The van der Waals surface area contributed by atoms with Crippen molar-refractivity contribution in [2.24, 2.45) is 0 Å². The van der Waals surface area contributed by atoms with E-state index in [1.54, 1.807) is 6.92 Å². The number of fused-ring (bicyclic) bond motifs is 1. The summed E-state index contributed by atoms with van der Waals surface area (Å²) >= 11 is 0. The van der Waals surface area contributed by atoms with Gasteiger partial charge in [0.25, 0.3) is 0 Å². The molecule has 0 saturated heterocycles. The lowest BCUT2D eigenvalue weighted by atomic mass is 9.71. The lowest BCUT2D eigenvalue weighted by molar-refractivity contribution is 0.235. The van der Waals surface area contributed by atoms with Crippen LogP contribution >= 0.6 is 0 Å². The van der Waals surface area contributed by atoms with Crippen LogP contribution in [0.3, 0.4) is 0 Å². The second kappa shape index (κ2) is 6.40. The van der Waals surface area contributed by atoms with Gasteiger partial charge < -0.3 is 15.2 Å². The molecule has 0 spiro atoms. The third-order valence-corrected chi connectivity index (χ3v) is 4.46. The molecule has 1 aromatic carbocycles. The molecule has 1 aliphatic carbocycles. The fraction of sp³-hybridized carbons (Fsp3) is 0.471. The second-order valence-electron chi connectivity index (χ2n) is 6.34. The number of benzene rings is 1. The van der Waals surface area contributed by atoms with Crippen molar-refractivity contribution in [3.8, 4) is 0 Å². The van der Waals surface area contributed by atoms with Gasteiger partial charge >= 0.3 is 6.03 Å². The Morgan fingerprint density at radius 1 is 1.35 bits per heavy atom. The Kier molecular flexibility index (Phi) is 4.32. The molecule has 0 bridgehead atoms. The van der Waals surface area contributed by atoms with Gasteiger partial charge in [0.15, 0.2) is 5.82 Å². The Morgan fingerprint density at radius 2 is 2.17 bits per heavy atom. The highest BCUT2D eigenvalue weighted by Crippen LogP contribution is 2.36. The first-order valence-electron chi connectivity index (χ1n) is 7.96.